The maximum absolute atomic E-state index is 13.0. The van der Waals surface area contributed by atoms with E-state index in [0.717, 1.165) is 6.08 Å². The third kappa shape index (κ3) is 7.45. The number of carboxylic acid groups (broad SMARTS) is 1. The first-order valence-corrected chi connectivity index (χ1v) is 15.9. The first-order chi connectivity index (χ1) is 23.9. The van der Waals surface area contributed by atoms with Crippen LogP contribution in [0.25, 0.3) is 29.4 Å². The van der Waals surface area contributed by atoms with Crippen molar-refractivity contribution in [1.29, 1.82) is 0 Å². The normalized spacial score (nSPS) is 13.8. The Bertz CT molecular complexity index is 2000. The second kappa shape index (κ2) is 15.0. The molecule has 0 saturated carbocycles. The van der Waals surface area contributed by atoms with Gasteiger partial charge in [-0.15, -0.1) is 0 Å². The Kier molecular flexibility index (Phi) is 10.5. The highest BCUT2D eigenvalue weighted by molar-refractivity contribution is 5.92. The molecule has 0 aliphatic heterocycles. The second-order valence-corrected chi connectivity index (χ2v) is 11.8. The molecule has 0 unspecified atom stereocenters. The number of rotatable bonds is 11. The molecule has 0 fully saturated rings. The smallest absolute Gasteiger partial charge is 0.345 e. The van der Waals surface area contributed by atoms with E-state index in [1.807, 2.05) is 6.07 Å². The summed E-state index contributed by atoms with van der Waals surface area (Å²) in [6, 6.07) is 12.7. The summed E-state index contributed by atoms with van der Waals surface area (Å²) in [6.45, 7) is 2.35. The number of ether oxygens (including phenoxy) is 1. The van der Waals surface area contributed by atoms with Crippen molar-refractivity contribution in [2.24, 2.45) is 0 Å². The highest BCUT2D eigenvalue weighted by atomic mass is 16.6. The lowest BCUT2D eigenvalue weighted by molar-refractivity contribution is -0.162. The molecule has 9 N–H and O–H groups in total. The Labute approximate surface area is 287 Å². The summed E-state index contributed by atoms with van der Waals surface area (Å²) in [6.07, 6.45) is 5.33. The van der Waals surface area contributed by atoms with Crippen molar-refractivity contribution in [2.75, 3.05) is 13.1 Å². The summed E-state index contributed by atoms with van der Waals surface area (Å²) in [7, 11) is 0. The maximum atomic E-state index is 13.0. The zero-order valence-electron chi connectivity index (χ0n) is 27.0. The number of carbonyl (C=O) groups is 2. The minimum Gasteiger partial charge on any atom is -0.508 e. The fourth-order valence-corrected chi connectivity index (χ4v) is 6.12. The van der Waals surface area contributed by atoms with Crippen LogP contribution in [0.1, 0.15) is 52.6 Å². The van der Waals surface area contributed by atoms with E-state index in [-0.39, 0.29) is 29.4 Å². The fourth-order valence-electron chi connectivity index (χ4n) is 6.12. The zero-order chi connectivity index (χ0) is 36.1. The molecule has 0 radical (unpaired) electrons. The number of aromatic hydroxyl groups is 7. The van der Waals surface area contributed by atoms with Crippen LogP contribution in [-0.4, -0.2) is 72.0 Å². The molecule has 12 heteroatoms. The molecule has 2 atom stereocenters. The van der Waals surface area contributed by atoms with E-state index < -0.39 is 47.0 Å². The SMILES string of the molecule is CCNC[C@@H](c1ccc(O)c(O)c1)[C@@H](OC(=O)C=Cc1cc(O)c(O)cc1C=Cc1cc(O)c(O)c2c1-c1cccc(O)c1CCC2)C(=O)O. The summed E-state index contributed by atoms with van der Waals surface area (Å²) in [5.74, 6) is -5.72. The van der Waals surface area contributed by atoms with Gasteiger partial charge in [0, 0.05) is 29.7 Å². The van der Waals surface area contributed by atoms with E-state index in [4.69, 9.17) is 4.74 Å². The molecule has 5 rings (SSSR count). The standard InChI is InChI=1S/C38H37NO11/c1-2-39-19-27(22-11-13-29(41)30(42)17-22)37(38(48)49)50-34(46)14-12-21-16-32(44)31(43)15-20(21)9-10-23-18-33(45)36(47)26-7-3-5-24-25(35(23)26)6-4-8-28(24)40/h4,6,8-18,27,37,39-45,47H,2-3,5,7,19H2,1H3,(H,48,49)/t27-,37+/m0/s1. The molecule has 0 aromatic heterocycles. The van der Waals surface area contributed by atoms with Crippen LogP contribution in [-0.2, 0) is 27.2 Å². The molecule has 4 aromatic rings. The number of nitrogens with one attached hydrogen (secondary N) is 1. The number of aliphatic carboxylic acids is 1. The van der Waals surface area contributed by atoms with Gasteiger partial charge >= 0.3 is 11.9 Å². The van der Waals surface area contributed by atoms with E-state index in [2.05, 4.69) is 5.32 Å². The van der Waals surface area contributed by atoms with Crippen LogP contribution in [0, 0.1) is 0 Å². The third-order valence-corrected chi connectivity index (χ3v) is 8.60. The predicted molar refractivity (Wildman–Crippen MR) is 185 cm³/mol. The molecule has 0 amide bonds. The zero-order valence-corrected chi connectivity index (χ0v) is 27.0. The Morgan fingerprint density at radius 2 is 1.40 bits per heavy atom. The monoisotopic (exact) mass is 683 g/mol. The number of phenols is 7. The first kappa shape index (κ1) is 35.2. The molecular formula is C38H37NO11. The van der Waals surface area contributed by atoms with Gasteiger partial charge in [0.2, 0.25) is 6.10 Å². The summed E-state index contributed by atoms with van der Waals surface area (Å²) in [5.41, 5.74) is 3.84. The molecule has 50 heavy (non-hydrogen) atoms. The summed E-state index contributed by atoms with van der Waals surface area (Å²) in [5, 5.41) is 85.3. The van der Waals surface area contributed by atoms with Crippen molar-refractivity contribution >= 4 is 30.2 Å². The van der Waals surface area contributed by atoms with Crippen LogP contribution in [0.15, 0.2) is 60.7 Å². The summed E-state index contributed by atoms with van der Waals surface area (Å²) < 4.78 is 5.37. The number of phenolic OH excluding ortho intramolecular Hbond substituents is 7. The Balaban J connectivity index is 1.48. The summed E-state index contributed by atoms with van der Waals surface area (Å²) in [4.78, 5) is 25.3. The van der Waals surface area contributed by atoms with Gasteiger partial charge in [-0.2, -0.15) is 0 Å². The van der Waals surface area contributed by atoms with E-state index in [9.17, 15) is 50.4 Å². The molecule has 0 heterocycles. The Hall–Kier alpha value is -6.14. The van der Waals surface area contributed by atoms with Gasteiger partial charge in [0.15, 0.2) is 34.5 Å². The van der Waals surface area contributed by atoms with Crippen LogP contribution < -0.4 is 5.32 Å². The summed E-state index contributed by atoms with van der Waals surface area (Å²) >= 11 is 0. The van der Waals surface area contributed by atoms with Crippen molar-refractivity contribution in [1.82, 2.24) is 5.32 Å². The van der Waals surface area contributed by atoms with Gasteiger partial charge in [-0.3, -0.25) is 0 Å². The first-order valence-electron chi connectivity index (χ1n) is 15.9. The average molecular weight is 684 g/mol. The largest absolute Gasteiger partial charge is 0.508 e. The molecule has 0 bridgehead atoms. The van der Waals surface area contributed by atoms with Crippen molar-refractivity contribution in [3.63, 3.8) is 0 Å². The van der Waals surface area contributed by atoms with Crippen LogP contribution >= 0.6 is 0 Å². The van der Waals surface area contributed by atoms with Gasteiger partial charge in [0.1, 0.15) is 5.75 Å². The van der Waals surface area contributed by atoms with Gasteiger partial charge in [-0.25, -0.2) is 9.59 Å². The van der Waals surface area contributed by atoms with E-state index in [1.54, 1.807) is 31.2 Å². The average Bonchev–Trinajstić information content (AvgIpc) is 3.28. The molecule has 12 nitrogen and oxygen atoms in total. The number of likely N-dealkylation sites (N-methyl/N-ethyl adjacent to an activating group) is 1. The topological polar surface area (TPSA) is 217 Å². The molecule has 0 saturated heterocycles. The van der Waals surface area contributed by atoms with Crippen LogP contribution in [0.5, 0.6) is 40.2 Å². The van der Waals surface area contributed by atoms with Crippen LogP contribution in [0.3, 0.4) is 0 Å². The minimum absolute atomic E-state index is 0.0655. The van der Waals surface area contributed by atoms with Gasteiger partial charge in [-0.1, -0.05) is 37.3 Å². The molecule has 4 aromatic carbocycles. The number of hydrogen-bond acceptors (Lipinski definition) is 11. The molecule has 260 valence electrons. The number of fused-ring (bicyclic) bond motifs is 3. The minimum atomic E-state index is -1.69. The van der Waals surface area contributed by atoms with Gasteiger partial charge < -0.3 is 50.9 Å². The second-order valence-electron chi connectivity index (χ2n) is 11.8. The maximum Gasteiger partial charge on any atom is 0.345 e. The van der Waals surface area contributed by atoms with Crippen LogP contribution in [0.4, 0.5) is 0 Å². The number of carbonyl (C=O) groups excluding carboxylic acids is 1. The number of esters is 1. The number of benzene rings is 4. The highest BCUT2D eigenvalue weighted by Gasteiger charge is 2.33. The molecular weight excluding hydrogens is 646 g/mol. The number of hydrogen-bond donors (Lipinski definition) is 9. The molecule has 0 spiro atoms. The van der Waals surface area contributed by atoms with Crippen LogP contribution in [0.2, 0.25) is 0 Å². The van der Waals surface area contributed by atoms with E-state index in [0.29, 0.717) is 64.8 Å². The fraction of sp³-hybridized carbons (Fsp3) is 0.211. The lowest BCUT2D eigenvalue weighted by Gasteiger charge is -2.24. The van der Waals surface area contributed by atoms with Gasteiger partial charge in [-0.05, 0) is 102 Å². The number of carboxylic acids is 1. The Morgan fingerprint density at radius 1 is 0.760 bits per heavy atom. The van der Waals surface area contributed by atoms with Crippen molar-refractivity contribution in [2.45, 2.75) is 38.2 Å². The van der Waals surface area contributed by atoms with E-state index >= 15 is 0 Å². The predicted octanol–water partition coefficient (Wildman–Crippen LogP) is 5.35. The lowest BCUT2D eigenvalue weighted by atomic mass is 9.90. The quantitative estimate of drug-likeness (QED) is 0.0423. The van der Waals surface area contributed by atoms with Crippen molar-refractivity contribution in [3.05, 3.63) is 94.1 Å². The van der Waals surface area contributed by atoms with Gasteiger partial charge in [0.05, 0.1) is 0 Å². The highest BCUT2D eigenvalue weighted by Crippen LogP contribution is 2.46. The van der Waals surface area contributed by atoms with Crippen molar-refractivity contribution < 1.29 is 55.2 Å². The van der Waals surface area contributed by atoms with Crippen molar-refractivity contribution in [3.8, 4) is 51.4 Å². The third-order valence-electron chi connectivity index (χ3n) is 8.60. The van der Waals surface area contributed by atoms with Gasteiger partial charge in [0.25, 0.3) is 0 Å². The Morgan fingerprint density at radius 3 is 2.08 bits per heavy atom. The lowest BCUT2D eigenvalue weighted by Crippen LogP contribution is -2.38. The molecule has 1 aliphatic carbocycles. The molecule has 1 aliphatic rings. The van der Waals surface area contributed by atoms with E-state index in [1.165, 1.54) is 42.5 Å².